The summed E-state index contributed by atoms with van der Waals surface area (Å²) < 4.78 is -1.74. The van der Waals surface area contributed by atoms with Gasteiger partial charge < -0.3 is 0 Å². The van der Waals surface area contributed by atoms with E-state index >= 15 is 0 Å². The zero-order chi connectivity index (χ0) is 11.1. The van der Waals surface area contributed by atoms with Crippen molar-refractivity contribution in [2.75, 3.05) is 25.2 Å². The third-order valence-electron chi connectivity index (χ3n) is 2.54. The van der Waals surface area contributed by atoms with Gasteiger partial charge in [-0.1, -0.05) is 0 Å². The molecule has 0 unspecified atom stereocenters. The zero-order valence-corrected chi connectivity index (χ0v) is 12.0. The predicted octanol–water partition coefficient (Wildman–Crippen LogP) is 3.76. The SMILES string of the molecule is CCCP(C)(I)(CCC#N)CCC#N. The average Bonchev–Trinajstić information content (AvgIpc) is 2.13. The number of nitriles is 2. The van der Waals surface area contributed by atoms with E-state index in [0.29, 0.717) is 12.8 Å². The van der Waals surface area contributed by atoms with Crippen LogP contribution in [0.4, 0.5) is 0 Å². The fraction of sp³-hybridized carbons (Fsp3) is 0.800. The van der Waals surface area contributed by atoms with Gasteiger partial charge >= 0.3 is 100 Å². The molecule has 0 aromatic carbocycles. The third kappa shape index (κ3) is 5.13. The van der Waals surface area contributed by atoms with Crippen LogP contribution in [0.2, 0.25) is 0 Å². The molecule has 0 heterocycles. The van der Waals surface area contributed by atoms with Crippen LogP contribution in [-0.4, -0.2) is 25.2 Å². The van der Waals surface area contributed by atoms with Crippen LogP contribution in [0, 0.1) is 22.7 Å². The summed E-state index contributed by atoms with van der Waals surface area (Å²) in [5, 5.41) is 17.3. The van der Waals surface area contributed by atoms with Gasteiger partial charge in [0.25, 0.3) is 0 Å². The van der Waals surface area contributed by atoms with E-state index in [4.69, 9.17) is 10.5 Å². The van der Waals surface area contributed by atoms with E-state index in [0.717, 1.165) is 18.7 Å². The monoisotopic (exact) mass is 324 g/mol. The molecule has 0 spiro atoms. The van der Waals surface area contributed by atoms with Gasteiger partial charge in [-0.25, -0.2) is 0 Å². The summed E-state index contributed by atoms with van der Waals surface area (Å²) in [4.78, 5) is 0. The first-order chi connectivity index (χ1) is 6.46. The molecule has 0 aliphatic carbocycles. The normalized spacial score (nSPS) is 13.6. The summed E-state index contributed by atoms with van der Waals surface area (Å²) in [6.45, 7) is 4.51. The van der Waals surface area contributed by atoms with Gasteiger partial charge in [0.1, 0.15) is 0 Å². The first kappa shape index (κ1) is 14.1. The Bertz CT molecular complexity index is 240. The molecule has 0 aromatic rings. The standard InChI is InChI=1S/C10H18IN2P/c1-3-8-14(2,11,9-4-6-12)10-5-7-13/h3-5,8-10H2,1-2H3. The van der Waals surface area contributed by atoms with E-state index in [2.05, 4.69) is 47.8 Å². The fourth-order valence-corrected chi connectivity index (χ4v) is 7.95. The molecule has 0 saturated heterocycles. The van der Waals surface area contributed by atoms with Gasteiger partial charge in [-0.3, -0.25) is 0 Å². The Morgan fingerprint density at radius 1 is 1.07 bits per heavy atom. The van der Waals surface area contributed by atoms with Gasteiger partial charge in [-0.15, -0.1) is 0 Å². The van der Waals surface area contributed by atoms with Crippen molar-refractivity contribution < 1.29 is 0 Å². The molecule has 0 N–H and O–H groups in total. The maximum absolute atomic E-state index is 8.64. The van der Waals surface area contributed by atoms with Crippen molar-refractivity contribution in [1.82, 2.24) is 0 Å². The zero-order valence-electron chi connectivity index (χ0n) is 8.96. The second-order valence-electron chi connectivity index (χ2n) is 4.13. The molecule has 0 atom stereocenters. The van der Waals surface area contributed by atoms with Crippen LogP contribution in [0.5, 0.6) is 0 Å². The molecule has 0 amide bonds. The Morgan fingerprint density at radius 2 is 1.50 bits per heavy atom. The molecule has 14 heavy (non-hydrogen) atoms. The number of nitrogens with zero attached hydrogens (tertiary/aromatic N) is 2. The van der Waals surface area contributed by atoms with Gasteiger partial charge in [0.05, 0.1) is 0 Å². The quantitative estimate of drug-likeness (QED) is 0.552. The molecule has 0 rings (SSSR count). The molecule has 4 heteroatoms. The third-order valence-corrected chi connectivity index (χ3v) is 11.5. The average molecular weight is 324 g/mol. The summed E-state index contributed by atoms with van der Waals surface area (Å²) in [5.74, 6) is 0. The molecule has 0 radical (unpaired) electrons. The van der Waals surface area contributed by atoms with E-state index in [1.165, 1.54) is 6.16 Å². The molecule has 0 aromatic heterocycles. The minimum absolute atomic E-state index is 0.642. The molecule has 0 aliphatic rings. The topological polar surface area (TPSA) is 47.6 Å². The molecule has 80 valence electrons. The molecule has 0 saturated carbocycles. The van der Waals surface area contributed by atoms with Crippen LogP contribution in [0.25, 0.3) is 0 Å². The van der Waals surface area contributed by atoms with E-state index in [-0.39, 0.29) is 0 Å². The Morgan fingerprint density at radius 3 is 1.79 bits per heavy atom. The summed E-state index contributed by atoms with van der Waals surface area (Å²) in [6, 6.07) is 4.46. The Labute approximate surface area is 100 Å². The van der Waals surface area contributed by atoms with E-state index < -0.39 is 4.25 Å². The van der Waals surface area contributed by atoms with Crippen LogP contribution < -0.4 is 0 Å². The van der Waals surface area contributed by atoms with Crippen molar-refractivity contribution >= 4 is 26.3 Å². The Hall–Kier alpha value is 0.140. The molecule has 0 aliphatic heterocycles. The van der Waals surface area contributed by atoms with Crippen LogP contribution in [0.15, 0.2) is 0 Å². The van der Waals surface area contributed by atoms with E-state index in [9.17, 15) is 0 Å². The first-order valence-electron chi connectivity index (χ1n) is 4.93. The van der Waals surface area contributed by atoms with Crippen molar-refractivity contribution in [3.05, 3.63) is 0 Å². The minimum atomic E-state index is -1.74. The van der Waals surface area contributed by atoms with Crippen LogP contribution >= 0.6 is 26.3 Å². The number of hydrogen-bond acceptors (Lipinski definition) is 2. The Kier molecular flexibility index (Phi) is 5.94. The van der Waals surface area contributed by atoms with Gasteiger partial charge in [-0.2, -0.15) is 0 Å². The number of hydrogen-bond donors (Lipinski definition) is 0. The summed E-state index contributed by atoms with van der Waals surface area (Å²) >= 11 is 2.58. The van der Waals surface area contributed by atoms with Crippen molar-refractivity contribution in [1.29, 1.82) is 10.5 Å². The van der Waals surface area contributed by atoms with Gasteiger partial charge in [0.2, 0.25) is 0 Å². The van der Waals surface area contributed by atoms with Gasteiger partial charge in [-0.05, 0) is 0 Å². The van der Waals surface area contributed by atoms with E-state index in [1.54, 1.807) is 0 Å². The van der Waals surface area contributed by atoms with Crippen molar-refractivity contribution in [3.8, 4) is 12.1 Å². The fourth-order valence-electron chi connectivity index (χ4n) is 1.68. The summed E-state index contributed by atoms with van der Waals surface area (Å²) in [6.07, 6.45) is 5.67. The predicted molar refractivity (Wildman–Crippen MR) is 72.2 cm³/mol. The Balaban J connectivity index is 4.49. The van der Waals surface area contributed by atoms with Crippen molar-refractivity contribution in [3.63, 3.8) is 0 Å². The van der Waals surface area contributed by atoms with Gasteiger partial charge in [0, 0.05) is 0 Å². The molecule has 0 fully saturated rings. The van der Waals surface area contributed by atoms with Crippen molar-refractivity contribution in [2.45, 2.75) is 26.2 Å². The van der Waals surface area contributed by atoms with Crippen molar-refractivity contribution in [2.24, 2.45) is 0 Å². The molecule has 2 nitrogen and oxygen atoms in total. The summed E-state index contributed by atoms with van der Waals surface area (Å²) in [7, 11) is 0. The molecular weight excluding hydrogens is 306 g/mol. The molecule has 0 bridgehead atoms. The second-order valence-corrected chi connectivity index (χ2v) is 18.8. The number of halogens is 1. The van der Waals surface area contributed by atoms with Gasteiger partial charge in [0.15, 0.2) is 0 Å². The first-order valence-corrected chi connectivity index (χ1v) is 11.0. The van der Waals surface area contributed by atoms with Crippen LogP contribution in [0.1, 0.15) is 26.2 Å². The molecular formula is C10H18IN2P. The number of rotatable bonds is 6. The maximum atomic E-state index is 8.64. The van der Waals surface area contributed by atoms with E-state index in [1.807, 2.05) is 0 Å². The summed E-state index contributed by atoms with van der Waals surface area (Å²) in [5.41, 5.74) is 0. The van der Waals surface area contributed by atoms with Crippen LogP contribution in [-0.2, 0) is 0 Å². The van der Waals surface area contributed by atoms with Crippen LogP contribution in [0.3, 0.4) is 0 Å². The second kappa shape index (κ2) is 5.89.